The lowest BCUT2D eigenvalue weighted by Gasteiger charge is -2.27. The van der Waals surface area contributed by atoms with E-state index in [1.807, 2.05) is 0 Å². The number of halogens is 1. The van der Waals surface area contributed by atoms with Gasteiger partial charge in [-0.15, -0.1) is 0 Å². The lowest BCUT2D eigenvalue weighted by molar-refractivity contribution is -0.123. The average Bonchev–Trinajstić information content (AvgIpc) is 3.50. The number of nitrogens with zero attached hydrogens (tertiary/aromatic N) is 4. The van der Waals surface area contributed by atoms with Crippen LogP contribution < -0.4 is 27.4 Å². The molecule has 2 aliphatic rings. The van der Waals surface area contributed by atoms with Crippen molar-refractivity contribution in [3.05, 3.63) is 64.6 Å². The second-order valence-electron chi connectivity index (χ2n) is 9.79. The number of fused-ring (bicyclic) bond motifs is 2. The topological polar surface area (TPSA) is 123 Å². The third-order valence-corrected chi connectivity index (χ3v) is 7.47. The summed E-state index contributed by atoms with van der Waals surface area (Å²) in [4.78, 5) is 22.0. The Hall–Kier alpha value is -2.96. The molecule has 1 aliphatic heterocycles. The number of amides is 1. The van der Waals surface area contributed by atoms with Crippen molar-refractivity contribution in [1.29, 1.82) is 0 Å². The Morgan fingerprint density at radius 1 is 1.24 bits per heavy atom. The molecule has 6 rings (SSSR count). The number of hydrogen-bond donors (Lipinski definition) is 4. The van der Waals surface area contributed by atoms with Gasteiger partial charge in [-0.1, -0.05) is 17.1 Å². The maximum atomic E-state index is 12.8. The van der Waals surface area contributed by atoms with Gasteiger partial charge in [0.25, 0.3) is 0 Å². The van der Waals surface area contributed by atoms with Crippen LogP contribution in [0.3, 0.4) is 0 Å². The zero-order valence-electron chi connectivity index (χ0n) is 20.3. The molecule has 1 aliphatic carbocycles. The highest BCUT2D eigenvalue weighted by molar-refractivity contribution is 6.47. The van der Waals surface area contributed by atoms with Crippen molar-refractivity contribution in [2.24, 2.45) is 5.84 Å². The van der Waals surface area contributed by atoms with Crippen molar-refractivity contribution in [2.45, 2.75) is 43.8 Å². The molecule has 0 aromatic carbocycles. The summed E-state index contributed by atoms with van der Waals surface area (Å²) in [5.41, 5.74) is 8.83. The highest BCUT2D eigenvalue weighted by Gasteiger charge is 2.29. The van der Waals surface area contributed by atoms with Gasteiger partial charge >= 0.3 is 0 Å². The van der Waals surface area contributed by atoms with Gasteiger partial charge in [0.1, 0.15) is 19.5 Å². The second kappa shape index (κ2) is 10.1. The summed E-state index contributed by atoms with van der Waals surface area (Å²) in [5.74, 6) is 6.49. The fourth-order valence-electron chi connectivity index (χ4n) is 4.79. The van der Waals surface area contributed by atoms with E-state index in [-0.39, 0.29) is 12.5 Å². The molecule has 12 heteroatoms. The number of nitrogens with two attached hydrogens (primary N) is 1. The number of carbonyl (C=O) groups is 1. The maximum absolute atomic E-state index is 12.8. The molecule has 37 heavy (non-hydrogen) atoms. The Labute approximate surface area is 220 Å². The molecule has 5 N–H and O–H groups in total. The van der Waals surface area contributed by atoms with Crippen molar-refractivity contribution in [3.63, 3.8) is 0 Å². The SMILES string of the molecule is [B]c1c(Cl)ccn2cnc(CNC(=O)C(CNCc3cn4cc(C5CC5)cc(C5COC5)c4n3)NN)c12. The average molecular weight is 519 g/mol. The van der Waals surface area contributed by atoms with E-state index in [0.29, 0.717) is 46.6 Å². The number of imidazole rings is 2. The highest BCUT2D eigenvalue weighted by Crippen LogP contribution is 2.41. The van der Waals surface area contributed by atoms with Crippen molar-refractivity contribution in [1.82, 2.24) is 34.8 Å². The van der Waals surface area contributed by atoms with Crippen LogP contribution in [0.4, 0.5) is 0 Å². The largest absolute Gasteiger partial charge is 0.380 e. The Morgan fingerprint density at radius 3 is 2.81 bits per heavy atom. The second-order valence-corrected chi connectivity index (χ2v) is 10.2. The van der Waals surface area contributed by atoms with Crippen molar-refractivity contribution < 1.29 is 9.53 Å². The number of rotatable bonds is 10. The van der Waals surface area contributed by atoms with E-state index in [0.717, 1.165) is 24.6 Å². The van der Waals surface area contributed by atoms with Crippen LogP contribution in [0.15, 0.2) is 37.1 Å². The third-order valence-electron chi connectivity index (χ3n) is 7.14. The van der Waals surface area contributed by atoms with Gasteiger partial charge in [-0.2, -0.15) is 0 Å². The summed E-state index contributed by atoms with van der Waals surface area (Å²) in [5, 5.41) is 6.61. The first-order chi connectivity index (χ1) is 18.0. The van der Waals surface area contributed by atoms with Crippen LogP contribution in [0, 0.1) is 0 Å². The van der Waals surface area contributed by atoms with Crippen LogP contribution in [0.2, 0.25) is 5.02 Å². The van der Waals surface area contributed by atoms with E-state index in [9.17, 15) is 4.79 Å². The van der Waals surface area contributed by atoms with Gasteiger partial charge in [0, 0.05) is 48.2 Å². The number of ether oxygens (including phenoxy) is 1. The fourth-order valence-corrected chi connectivity index (χ4v) is 4.94. The molecule has 4 aromatic heterocycles. The normalized spacial score (nSPS) is 16.8. The van der Waals surface area contributed by atoms with Crippen LogP contribution >= 0.6 is 11.6 Å². The van der Waals surface area contributed by atoms with Crippen LogP contribution in [-0.4, -0.2) is 58.3 Å². The lowest BCUT2D eigenvalue weighted by atomic mass is 9.95. The first kappa shape index (κ1) is 24.4. The molecule has 1 unspecified atom stereocenters. The van der Waals surface area contributed by atoms with Crippen LogP contribution in [-0.2, 0) is 22.6 Å². The molecule has 1 atom stereocenters. The number of aromatic nitrogens is 4. The first-order valence-electron chi connectivity index (χ1n) is 12.4. The Kier molecular flexibility index (Phi) is 6.64. The zero-order valence-corrected chi connectivity index (χ0v) is 21.0. The minimum absolute atomic E-state index is 0.196. The minimum Gasteiger partial charge on any atom is -0.380 e. The summed E-state index contributed by atoms with van der Waals surface area (Å²) < 4.78 is 9.35. The molecule has 5 heterocycles. The third kappa shape index (κ3) is 4.85. The quantitative estimate of drug-likeness (QED) is 0.138. The first-order valence-corrected chi connectivity index (χ1v) is 12.8. The zero-order chi connectivity index (χ0) is 25.5. The molecule has 2 radical (unpaired) electrons. The number of pyridine rings is 2. The Balaban J connectivity index is 1.08. The van der Waals surface area contributed by atoms with Gasteiger partial charge in [0.05, 0.1) is 43.0 Å². The molecule has 10 nitrogen and oxygen atoms in total. The molecule has 1 saturated heterocycles. The molecule has 0 spiro atoms. The predicted molar refractivity (Wildman–Crippen MR) is 141 cm³/mol. The van der Waals surface area contributed by atoms with E-state index in [1.54, 1.807) is 23.0 Å². The smallest absolute Gasteiger partial charge is 0.240 e. The monoisotopic (exact) mass is 518 g/mol. The van der Waals surface area contributed by atoms with Gasteiger partial charge in [0.15, 0.2) is 0 Å². The van der Waals surface area contributed by atoms with E-state index < -0.39 is 6.04 Å². The molecule has 0 bridgehead atoms. The van der Waals surface area contributed by atoms with Gasteiger partial charge < -0.3 is 24.2 Å². The van der Waals surface area contributed by atoms with E-state index >= 15 is 0 Å². The van der Waals surface area contributed by atoms with Crippen molar-refractivity contribution in [2.75, 3.05) is 19.8 Å². The Morgan fingerprint density at radius 2 is 2.08 bits per heavy atom. The summed E-state index contributed by atoms with van der Waals surface area (Å²) in [6, 6.07) is 3.37. The molecular weight excluding hydrogens is 491 g/mol. The van der Waals surface area contributed by atoms with Crippen LogP contribution in [0.1, 0.15) is 47.2 Å². The summed E-state index contributed by atoms with van der Waals surface area (Å²) in [7, 11) is 6.11. The molecular formula is C25H28BClN8O2. The van der Waals surface area contributed by atoms with Gasteiger partial charge in [-0.05, 0) is 36.5 Å². The van der Waals surface area contributed by atoms with E-state index in [1.165, 1.54) is 24.0 Å². The van der Waals surface area contributed by atoms with Crippen molar-refractivity contribution in [3.8, 4) is 0 Å². The van der Waals surface area contributed by atoms with Crippen molar-refractivity contribution >= 4 is 42.0 Å². The number of nitrogens with one attached hydrogen (secondary N) is 3. The predicted octanol–water partition coefficient (Wildman–Crippen LogP) is 0.658. The number of carbonyl (C=O) groups excluding carboxylic acids is 1. The lowest BCUT2D eigenvalue weighted by Crippen LogP contribution is -2.52. The summed E-state index contributed by atoms with van der Waals surface area (Å²) >= 11 is 6.14. The molecule has 1 saturated carbocycles. The van der Waals surface area contributed by atoms with Gasteiger partial charge in [-0.25, -0.2) is 15.4 Å². The molecule has 4 aromatic rings. The minimum atomic E-state index is -0.643. The Bertz CT molecular complexity index is 1460. The molecule has 2 fully saturated rings. The summed E-state index contributed by atoms with van der Waals surface area (Å²) in [6.45, 7) is 2.52. The van der Waals surface area contributed by atoms with Gasteiger partial charge in [0.2, 0.25) is 5.91 Å². The van der Waals surface area contributed by atoms with Gasteiger partial charge in [-0.3, -0.25) is 10.6 Å². The standard InChI is InChI=1S/C25H28BClN8O2/c26-22-19(27)3-4-34-13-31-20(23(22)34)8-30-25(36)21(33-28)7-29-6-17-10-35-9-15(14-1-2-14)5-18(24(35)32-17)16-11-37-12-16/h3-5,9-10,13-14,16,21,29,33H,1-2,6-8,11-12,28H2,(H,30,36). The molecule has 190 valence electrons. The van der Waals surface area contributed by atoms with Crippen LogP contribution in [0.5, 0.6) is 0 Å². The fraction of sp³-hybridized carbons (Fsp3) is 0.400. The number of hydrogen-bond acceptors (Lipinski definition) is 7. The van der Waals surface area contributed by atoms with E-state index in [2.05, 4.69) is 43.9 Å². The van der Waals surface area contributed by atoms with E-state index in [4.69, 9.17) is 35.0 Å². The summed E-state index contributed by atoms with van der Waals surface area (Å²) in [6.07, 6.45) is 10.2. The highest BCUT2D eigenvalue weighted by atomic mass is 35.5. The van der Waals surface area contributed by atoms with Crippen LogP contribution in [0.25, 0.3) is 11.2 Å². The maximum Gasteiger partial charge on any atom is 0.240 e. The molecule has 1 amide bonds. The number of hydrazine groups is 1.